The number of ether oxygens (including phenoxy) is 2. The van der Waals surface area contributed by atoms with Crippen LogP contribution in [0.2, 0.25) is 0 Å². The molecule has 154 valence electrons. The highest BCUT2D eigenvalue weighted by Crippen LogP contribution is 2.44. The average Bonchev–Trinajstić information content (AvgIpc) is 3.37. The van der Waals surface area contributed by atoms with E-state index in [1.54, 1.807) is 7.11 Å². The van der Waals surface area contributed by atoms with Gasteiger partial charge in [0.1, 0.15) is 12.4 Å². The van der Waals surface area contributed by atoms with Gasteiger partial charge in [0, 0.05) is 5.92 Å². The molecule has 1 saturated heterocycles. The Morgan fingerprint density at radius 3 is 2.90 bits per heavy atom. The zero-order valence-electron chi connectivity index (χ0n) is 17.7. The Hall–Kier alpha value is -2.86. The van der Waals surface area contributed by atoms with E-state index in [-0.39, 0.29) is 5.54 Å². The van der Waals surface area contributed by atoms with E-state index >= 15 is 0 Å². The molecule has 1 heterocycles. The Labute approximate surface area is 179 Å². The van der Waals surface area contributed by atoms with Crippen molar-refractivity contribution in [3.8, 4) is 17.6 Å². The summed E-state index contributed by atoms with van der Waals surface area (Å²) in [7, 11) is 1.70. The van der Waals surface area contributed by atoms with Gasteiger partial charge in [0.25, 0.3) is 0 Å². The van der Waals surface area contributed by atoms with E-state index < -0.39 is 0 Å². The van der Waals surface area contributed by atoms with E-state index in [9.17, 15) is 0 Å². The van der Waals surface area contributed by atoms with Crippen LogP contribution in [0.1, 0.15) is 53.9 Å². The summed E-state index contributed by atoms with van der Waals surface area (Å²) in [6.45, 7) is 4.69. The Morgan fingerprint density at radius 2 is 2.07 bits per heavy atom. The molecule has 30 heavy (non-hydrogen) atoms. The number of fused-ring (bicyclic) bond motifs is 1. The number of benzene rings is 2. The lowest BCUT2D eigenvalue weighted by Gasteiger charge is -2.24. The summed E-state index contributed by atoms with van der Waals surface area (Å²) >= 11 is 0. The third kappa shape index (κ3) is 3.67. The fourth-order valence-corrected chi connectivity index (χ4v) is 5.33. The van der Waals surface area contributed by atoms with Gasteiger partial charge < -0.3 is 14.8 Å². The molecule has 3 nitrogen and oxygen atoms in total. The van der Waals surface area contributed by atoms with Gasteiger partial charge in [-0.3, -0.25) is 0 Å². The van der Waals surface area contributed by atoms with Crippen molar-refractivity contribution in [1.82, 2.24) is 5.32 Å². The molecule has 0 bridgehead atoms. The van der Waals surface area contributed by atoms with Crippen molar-refractivity contribution < 1.29 is 9.47 Å². The van der Waals surface area contributed by atoms with Crippen LogP contribution in [0.3, 0.4) is 0 Å². The maximum atomic E-state index is 5.62. The molecule has 2 aromatic carbocycles. The predicted octanol–water partition coefficient (Wildman–Crippen LogP) is 4.95. The summed E-state index contributed by atoms with van der Waals surface area (Å²) in [5.41, 5.74) is 5.56. The SMILES string of the molecule is C=C1N[C@@]2(CC[C@H](c3ccc4c(c3)CC[C@@H](C#Cc3ccccc3OC)C4)C2)CO1. The van der Waals surface area contributed by atoms with E-state index in [2.05, 4.69) is 41.9 Å². The zero-order valence-corrected chi connectivity index (χ0v) is 17.7. The molecule has 1 aliphatic heterocycles. The molecule has 3 atom stereocenters. The first-order valence-corrected chi connectivity index (χ1v) is 11.0. The van der Waals surface area contributed by atoms with Crippen molar-refractivity contribution in [1.29, 1.82) is 0 Å². The van der Waals surface area contributed by atoms with Gasteiger partial charge in [0.2, 0.25) is 0 Å². The Bertz CT molecular complexity index is 1030. The molecule has 2 fully saturated rings. The maximum Gasteiger partial charge on any atom is 0.179 e. The second-order valence-electron chi connectivity index (χ2n) is 8.99. The summed E-state index contributed by atoms with van der Waals surface area (Å²) in [5.74, 6) is 9.46. The molecule has 5 rings (SSSR count). The van der Waals surface area contributed by atoms with Gasteiger partial charge in [-0.1, -0.05) is 42.2 Å². The van der Waals surface area contributed by atoms with E-state index in [1.165, 1.54) is 23.1 Å². The fraction of sp³-hybridized carbons (Fsp3) is 0.407. The summed E-state index contributed by atoms with van der Waals surface area (Å²) in [4.78, 5) is 0. The van der Waals surface area contributed by atoms with Gasteiger partial charge in [-0.05, 0) is 79.8 Å². The monoisotopic (exact) mass is 399 g/mol. The van der Waals surface area contributed by atoms with Crippen LogP contribution in [0.5, 0.6) is 5.75 Å². The molecule has 0 radical (unpaired) electrons. The minimum absolute atomic E-state index is 0.108. The number of hydrogen-bond donors (Lipinski definition) is 1. The molecular formula is C27H29NO2. The smallest absolute Gasteiger partial charge is 0.179 e. The van der Waals surface area contributed by atoms with Crippen LogP contribution in [0.4, 0.5) is 0 Å². The summed E-state index contributed by atoms with van der Waals surface area (Å²) in [6, 6.07) is 15.2. The largest absolute Gasteiger partial charge is 0.495 e. The van der Waals surface area contributed by atoms with Gasteiger partial charge in [0.05, 0.1) is 18.2 Å². The summed E-state index contributed by atoms with van der Waals surface area (Å²) < 4.78 is 11.0. The van der Waals surface area contributed by atoms with Crippen LogP contribution in [-0.4, -0.2) is 19.3 Å². The number of hydrogen-bond acceptors (Lipinski definition) is 3. The maximum absolute atomic E-state index is 5.62. The first-order valence-electron chi connectivity index (χ1n) is 11.0. The van der Waals surface area contributed by atoms with E-state index in [4.69, 9.17) is 9.47 Å². The molecule has 0 amide bonds. The van der Waals surface area contributed by atoms with Crippen LogP contribution < -0.4 is 10.1 Å². The third-order valence-corrected chi connectivity index (χ3v) is 6.98. The summed E-state index contributed by atoms with van der Waals surface area (Å²) in [5, 5.41) is 3.49. The van der Waals surface area contributed by atoms with Gasteiger partial charge in [-0.25, -0.2) is 0 Å². The minimum Gasteiger partial charge on any atom is -0.495 e. The molecule has 3 heteroatoms. The second-order valence-corrected chi connectivity index (χ2v) is 8.99. The van der Waals surface area contributed by atoms with Crippen molar-refractivity contribution in [3.05, 3.63) is 77.2 Å². The van der Waals surface area contributed by atoms with Gasteiger partial charge in [0.15, 0.2) is 5.88 Å². The topological polar surface area (TPSA) is 30.5 Å². The van der Waals surface area contributed by atoms with Gasteiger partial charge >= 0.3 is 0 Å². The van der Waals surface area contributed by atoms with Crippen LogP contribution in [0.15, 0.2) is 54.9 Å². The molecule has 1 N–H and O–H groups in total. The second kappa shape index (κ2) is 7.76. The molecule has 1 saturated carbocycles. The Morgan fingerprint density at radius 1 is 1.17 bits per heavy atom. The van der Waals surface area contributed by atoms with Gasteiger partial charge in [-0.2, -0.15) is 0 Å². The van der Waals surface area contributed by atoms with Crippen LogP contribution in [0.25, 0.3) is 0 Å². The summed E-state index contributed by atoms with van der Waals surface area (Å²) in [6.07, 6.45) is 6.80. The third-order valence-electron chi connectivity index (χ3n) is 6.98. The molecule has 0 aromatic heterocycles. The molecule has 2 aliphatic carbocycles. The zero-order chi connectivity index (χ0) is 20.6. The Kier molecular flexibility index (Phi) is 4.95. The highest BCUT2D eigenvalue weighted by molar-refractivity contribution is 5.46. The number of para-hydroxylation sites is 1. The average molecular weight is 400 g/mol. The molecule has 3 aliphatic rings. The minimum atomic E-state index is 0.108. The predicted molar refractivity (Wildman–Crippen MR) is 119 cm³/mol. The van der Waals surface area contributed by atoms with E-state index in [1.807, 2.05) is 24.3 Å². The molecule has 0 unspecified atom stereocenters. The first-order chi connectivity index (χ1) is 14.6. The normalized spacial score (nSPS) is 27.0. The highest BCUT2D eigenvalue weighted by Gasteiger charge is 2.44. The highest BCUT2D eigenvalue weighted by atomic mass is 16.5. The molecule has 1 spiro atoms. The van der Waals surface area contributed by atoms with Crippen molar-refractivity contribution >= 4 is 0 Å². The van der Waals surface area contributed by atoms with E-state index in [0.29, 0.717) is 11.8 Å². The van der Waals surface area contributed by atoms with Crippen molar-refractivity contribution in [2.24, 2.45) is 5.92 Å². The number of methoxy groups -OCH3 is 1. The number of aryl methyl sites for hydroxylation is 1. The van der Waals surface area contributed by atoms with Crippen molar-refractivity contribution in [3.63, 3.8) is 0 Å². The van der Waals surface area contributed by atoms with Crippen LogP contribution in [0, 0.1) is 17.8 Å². The standard InChI is InChI=1S/C27H29NO2/c1-19-28-27(18-30-19)14-13-25(17-27)24-12-11-22-15-20(8-10-23(22)16-24)7-9-21-5-3-4-6-26(21)29-2/h3-6,11-12,16,20,25,28H,1,8,10,13-15,17-18H2,2H3/t20-,25+,27-/m1/s1. The lowest BCUT2D eigenvalue weighted by molar-refractivity contribution is 0.225. The van der Waals surface area contributed by atoms with Crippen molar-refractivity contribution in [2.45, 2.75) is 50.0 Å². The van der Waals surface area contributed by atoms with E-state index in [0.717, 1.165) is 55.9 Å². The first kappa shape index (κ1) is 19.1. The van der Waals surface area contributed by atoms with Crippen LogP contribution >= 0.6 is 0 Å². The number of rotatable bonds is 2. The number of nitrogens with one attached hydrogen (secondary N) is 1. The lowest BCUT2D eigenvalue weighted by atomic mass is 9.81. The lowest BCUT2D eigenvalue weighted by Crippen LogP contribution is -2.38. The molecular weight excluding hydrogens is 370 g/mol. The quantitative estimate of drug-likeness (QED) is 0.725. The van der Waals surface area contributed by atoms with Gasteiger partial charge in [-0.15, -0.1) is 0 Å². The van der Waals surface area contributed by atoms with Crippen LogP contribution in [-0.2, 0) is 17.6 Å². The Balaban J connectivity index is 1.28. The molecule has 2 aromatic rings. The van der Waals surface area contributed by atoms with Crippen molar-refractivity contribution in [2.75, 3.05) is 13.7 Å². The fourth-order valence-electron chi connectivity index (χ4n) is 5.33.